The molecule has 2 aromatic rings. The molecule has 0 fully saturated rings. The largest absolute Gasteiger partial charge is 0.375 e. The summed E-state index contributed by atoms with van der Waals surface area (Å²) >= 11 is 0. The highest BCUT2D eigenvalue weighted by Gasteiger charge is 2.07. The molecule has 0 aliphatic rings. The van der Waals surface area contributed by atoms with Crippen molar-refractivity contribution in [1.82, 2.24) is 9.80 Å². The third kappa shape index (κ3) is 18.3. The van der Waals surface area contributed by atoms with E-state index in [0.717, 1.165) is 26.3 Å². The molecule has 0 heterocycles. The second kappa shape index (κ2) is 26.5. The molecule has 0 radical (unpaired) electrons. The number of rotatable bonds is 29. The molecule has 0 saturated carbocycles. The van der Waals surface area contributed by atoms with Crippen LogP contribution in [0.15, 0.2) is 48.5 Å². The Labute approximate surface area is 272 Å². The Kier molecular flexibility index (Phi) is 23.2. The normalized spacial score (nSPS) is 11.7. The number of hydrogen-bond acceptors (Lipinski definition) is 4. The zero-order valence-electron chi connectivity index (χ0n) is 29.3. The Hall–Kier alpha value is -1.72. The van der Waals surface area contributed by atoms with Crippen molar-refractivity contribution >= 4 is 0 Å². The van der Waals surface area contributed by atoms with Crippen LogP contribution in [-0.2, 0) is 22.7 Å². The summed E-state index contributed by atoms with van der Waals surface area (Å²) in [4.78, 5) is 5.24. The minimum absolute atomic E-state index is 0.669. The number of nitrogens with zero attached hydrogens (tertiary/aromatic N) is 2. The Morgan fingerprint density at radius 3 is 1.18 bits per heavy atom. The Balaban J connectivity index is 1.80. The highest BCUT2D eigenvalue weighted by atomic mass is 16.5. The highest BCUT2D eigenvalue weighted by Crippen LogP contribution is 2.22. The van der Waals surface area contributed by atoms with Crippen molar-refractivity contribution in [3.8, 4) is 11.1 Å². The van der Waals surface area contributed by atoms with Crippen LogP contribution in [0.2, 0.25) is 0 Å². The topological polar surface area (TPSA) is 24.9 Å². The van der Waals surface area contributed by atoms with Gasteiger partial charge in [0.05, 0.1) is 26.4 Å². The van der Waals surface area contributed by atoms with E-state index in [1.165, 1.54) is 138 Å². The first-order valence-electron chi connectivity index (χ1n) is 18.5. The van der Waals surface area contributed by atoms with Crippen LogP contribution in [0.1, 0.15) is 129 Å². The van der Waals surface area contributed by atoms with Gasteiger partial charge in [-0.1, -0.05) is 128 Å². The van der Waals surface area contributed by atoms with Crippen molar-refractivity contribution in [2.24, 2.45) is 0 Å². The average Bonchev–Trinajstić information content (AvgIpc) is 3.05. The molecule has 2 aromatic carbocycles. The fraction of sp³-hybridized carbons (Fsp3) is 0.700. The van der Waals surface area contributed by atoms with E-state index in [1.54, 1.807) is 0 Å². The van der Waals surface area contributed by atoms with Crippen molar-refractivity contribution in [2.75, 3.05) is 52.5 Å². The summed E-state index contributed by atoms with van der Waals surface area (Å²) in [6.07, 6.45) is 18.4. The van der Waals surface area contributed by atoms with Crippen LogP contribution in [0, 0.1) is 0 Å². The lowest BCUT2D eigenvalue weighted by atomic mass is 10.0. The Bertz CT molecular complexity index is 858. The summed E-state index contributed by atoms with van der Waals surface area (Å²) in [6, 6.07) is 17.7. The second-order valence-corrected chi connectivity index (χ2v) is 12.7. The number of ether oxygens (including phenoxy) is 2. The van der Waals surface area contributed by atoms with Gasteiger partial charge in [0.2, 0.25) is 0 Å². The van der Waals surface area contributed by atoms with Crippen LogP contribution in [-0.4, -0.2) is 62.3 Å². The minimum atomic E-state index is 0.669. The third-order valence-corrected chi connectivity index (χ3v) is 8.64. The zero-order valence-corrected chi connectivity index (χ0v) is 29.3. The first kappa shape index (κ1) is 38.5. The summed E-state index contributed by atoms with van der Waals surface area (Å²) in [7, 11) is 0. The van der Waals surface area contributed by atoms with Gasteiger partial charge in [-0.05, 0) is 86.2 Å². The van der Waals surface area contributed by atoms with Gasteiger partial charge in [-0.25, -0.2) is 0 Å². The molecule has 2 rings (SSSR count). The van der Waals surface area contributed by atoms with Crippen LogP contribution in [0.4, 0.5) is 0 Å². The summed E-state index contributed by atoms with van der Waals surface area (Å²) in [5, 5.41) is 0. The van der Waals surface area contributed by atoms with Gasteiger partial charge in [0.15, 0.2) is 0 Å². The SMILES string of the molecule is CCCCCCN(CCCCC)CCOCc1cccc(-c2cccc(COCCN(CCCCC)CCCCCC)c2)c1. The van der Waals surface area contributed by atoms with Crippen molar-refractivity contribution < 1.29 is 9.47 Å². The molecule has 44 heavy (non-hydrogen) atoms. The maximum absolute atomic E-state index is 6.18. The van der Waals surface area contributed by atoms with E-state index < -0.39 is 0 Å². The average molecular weight is 609 g/mol. The van der Waals surface area contributed by atoms with Gasteiger partial charge in [-0.3, -0.25) is 0 Å². The smallest absolute Gasteiger partial charge is 0.0717 e. The molecular weight excluding hydrogens is 540 g/mol. The molecule has 0 bridgehead atoms. The zero-order chi connectivity index (χ0) is 31.5. The van der Waals surface area contributed by atoms with Gasteiger partial charge in [0.25, 0.3) is 0 Å². The molecule has 0 saturated heterocycles. The molecule has 250 valence electrons. The van der Waals surface area contributed by atoms with Gasteiger partial charge in [0, 0.05) is 13.1 Å². The quantitative estimate of drug-likeness (QED) is 0.0858. The van der Waals surface area contributed by atoms with E-state index >= 15 is 0 Å². The van der Waals surface area contributed by atoms with Crippen LogP contribution in [0.3, 0.4) is 0 Å². The molecule has 0 spiro atoms. The molecule has 4 heteroatoms. The van der Waals surface area contributed by atoms with Crippen molar-refractivity contribution in [2.45, 2.75) is 131 Å². The maximum atomic E-state index is 6.18. The Morgan fingerprint density at radius 1 is 0.432 bits per heavy atom. The molecule has 0 N–H and O–H groups in total. The first-order valence-corrected chi connectivity index (χ1v) is 18.5. The van der Waals surface area contributed by atoms with E-state index in [2.05, 4.69) is 86.0 Å². The van der Waals surface area contributed by atoms with Crippen LogP contribution >= 0.6 is 0 Å². The number of hydrogen-bond donors (Lipinski definition) is 0. The lowest BCUT2D eigenvalue weighted by molar-refractivity contribution is 0.0911. The van der Waals surface area contributed by atoms with Gasteiger partial charge >= 0.3 is 0 Å². The van der Waals surface area contributed by atoms with Gasteiger partial charge in [0.1, 0.15) is 0 Å². The lowest BCUT2D eigenvalue weighted by Crippen LogP contribution is -2.30. The molecule has 0 atom stereocenters. The number of unbranched alkanes of at least 4 members (excludes halogenated alkanes) is 10. The molecule has 0 amide bonds. The first-order chi connectivity index (χ1) is 21.7. The summed E-state index contributed by atoms with van der Waals surface area (Å²) < 4.78 is 12.4. The van der Waals surface area contributed by atoms with Crippen molar-refractivity contribution in [1.29, 1.82) is 0 Å². The maximum Gasteiger partial charge on any atom is 0.0717 e. The van der Waals surface area contributed by atoms with Gasteiger partial charge in [-0.15, -0.1) is 0 Å². The lowest BCUT2D eigenvalue weighted by Gasteiger charge is -2.22. The van der Waals surface area contributed by atoms with E-state index in [0.29, 0.717) is 13.2 Å². The highest BCUT2D eigenvalue weighted by molar-refractivity contribution is 5.64. The van der Waals surface area contributed by atoms with E-state index in [1.807, 2.05) is 0 Å². The monoisotopic (exact) mass is 609 g/mol. The standard InChI is InChI=1S/C40H68N2O2/c1-5-9-13-17-27-41(25-15-11-7-3)29-31-43-35-37-21-19-23-39(33-37)40-24-20-22-38(34-40)36-44-32-30-42(26-16-12-8-4)28-18-14-10-6-2/h19-24,33-34H,5-18,25-32,35-36H2,1-4H3. The van der Waals surface area contributed by atoms with Crippen LogP contribution in [0.5, 0.6) is 0 Å². The Morgan fingerprint density at radius 2 is 0.795 bits per heavy atom. The second-order valence-electron chi connectivity index (χ2n) is 12.7. The molecular formula is C40H68N2O2. The van der Waals surface area contributed by atoms with Crippen LogP contribution < -0.4 is 0 Å². The summed E-state index contributed by atoms with van der Waals surface area (Å²) in [5.41, 5.74) is 4.98. The van der Waals surface area contributed by atoms with E-state index in [9.17, 15) is 0 Å². The molecule has 0 aromatic heterocycles. The van der Waals surface area contributed by atoms with Gasteiger partial charge in [-0.2, -0.15) is 0 Å². The predicted molar refractivity (Wildman–Crippen MR) is 191 cm³/mol. The van der Waals surface area contributed by atoms with Crippen molar-refractivity contribution in [3.63, 3.8) is 0 Å². The minimum Gasteiger partial charge on any atom is -0.375 e. The molecule has 0 aliphatic carbocycles. The molecule has 4 nitrogen and oxygen atoms in total. The van der Waals surface area contributed by atoms with Gasteiger partial charge < -0.3 is 19.3 Å². The summed E-state index contributed by atoms with van der Waals surface area (Å²) in [6.45, 7) is 19.0. The van der Waals surface area contributed by atoms with E-state index in [4.69, 9.17) is 9.47 Å². The molecule has 0 aliphatic heterocycles. The van der Waals surface area contributed by atoms with E-state index in [-0.39, 0.29) is 0 Å². The van der Waals surface area contributed by atoms with Crippen LogP contribution in [0.25, 0.3) is 11.1 Å². The van der Waals surface area contributed by atoms with Crippen molar-refractivity contribution in [3.05, 3.63) is 59.7 Å². The summed E-state index contributed by atoms with van der Waals surface area (Å²) in [5.74, 6) is 0. The number of benzene rings is 2. The predicted octanol–water partition coefficient (Wildman–Crippen LogP) is 10.5. The fourth-order valence-electron chi connectivity index (χ4n) is 5.81. The molecule has 0 unspecified atom stereocenters. The third-order valence-electron chi connectivity index (χ3n) is 8.64. The fourth-order valence-corrected chi connectivity index (χ4v) is 5.81.